The predicted octanol–water partition coefficient (Wildman–Crippen LogP) is 0.988. The van der Waals surface area contributed by atoms with Gasteiger partial charge in [0.2, 0.25) is 5.91 Å². The van der Waals surface area contributed by atoms with Crippen LogP contribution in [-0.4, -0.2) is 57.4 Å². The second-order valence-electron chi connectivity index (χ2n) is 7.70. The summed E-state index contributed by atoms with van der Waals surface area (Å²) in [5.41, 5.74) is 3.32. The Kier molecular flexibility index (Phi) is 5.42. The summed E-state index contributed by atoms with van der Waals surface area (Å²) in [5, 5.41) is 40.3. The molecule has 2 aromatic rings. The quantitative estimate of drug-likeness (QED) is 0.571. The van der Waals surface area contributed by atoms with Gasteiger partial charge in [-0.15, -0.1) is 0 Å². The minimum absolute atomic E-state index is 0.00228. The van der Waals surface area contributed by atoms with Crippen LogP contribution in [0.5, 0.6) is 0 Å². The zero-order chi connectivity index (χ0) is 20.7. The van der Waals surface area contributed by atoms with Crippen LogP contribution in [-0.2, 0) is 9.53 Å². The van der Waals surface area contributed by atoms with Crippen LogP contribution in [0.25, 0.3) is 0 Å². The van der Waals surface area contributed by atoms with Gasteiger partial charge in [0.05, 0.1) is 19.1 Å². The van der Waals surface area contributed by atoms with E-state index in [0.717, 1.165) is 16.8 Å². The van der Waals surface area contributed by atoms with Crippen molar-refractivity contribution in [1.29, 1.82) is 0 Å². The monoisotopic (exact) mass is 399 g/mol. The number of β-lactam (4-membered cyclic amide) rings is 1. The molecule has 2 heterocycles. The van der Waals surface area contributed by atoms with Gasteiger partial charge in [0.25, 0.3) is 0 Å². The standard InChI is InChI=1S/C22H25NO6/c1-12-6-8-13(9-7-12)23-16(10-18(23)25)14-4-2-3-5-15(14)22-21(28)20(27)19(26)17(11-24)29-22/h2-9,16-17,19-22,24,26-28H,10-11H2,1H3/t16?,17-,19-,20+,21-,22+/m1/s1. The highest BCUT2D eigenvalue weighted by molar-refractivity contribution is 6.01. The van der Waals surface area contributed by atoms with E-state index in [1.807, 2.05) is 43.3 Å². The van der Waals surface area contributed by atoms with Crippen LogP contribution in [0.1, 0.15) is 35.3 Å². The highest BCUT2D eigenvalue weighted by Crippen LogP contribution is 2.43. The summed E-state index contributed by atoms with van der Waals surface area (Å²) in [6.07, 6.45) is -5.82. The number of hydrogen-bond acceptors (Lipinski definition) is 6. The van der Waals surface area contributed by atoms with E-state index in [0.29, 0.717) is 12.0 Å². The maximum atomic E-state index is 12.4. The lowest BCUT2D eigenvalue weighted by molar-refractivity contribution is -0.232. The number of hydrogen-bond donors (Lipinski definition) is 4. The maximum Gasteiger partial charge on any atom is 0.230 e. The predicted molar refractivity (Wildman–Crippen MR) is 105 cm³/mol. The van der Waals surface area contributed by atoms with Crippen LogP contribution < -0.4 is 4.90 Å². The Morgan fingerprint density at radius 3 is 2.24 bits per heavy atom. The molecule has 0 radical (unpaired) electrons. The summed E-state index contributed by atoms with van der Waals surface area (Å²) in [7, 11) is 0. The van der Waals surface area contributed by atoms with Crippen molar-refractivity contribution in [3.63, 3.8) is 0 Å². The molecule has 2 fully saturated rings. The Bertz CT molecular complexity index is 883. The van der Waals surface area contributed by atoms with Crippen molar-refractivity contribution < 1.29 is 30.0 Å². The van der Waals surface area contributed by atoms with Gasteiger partial charge in [-0.25, -0.2) is 0 Å². The third-order valence-corrected chi connectivity index (χ3v) is 5.81. The molecule has 1 amide bonds. The Hall–Kier alpha value is -2.29. The summed E-state index contributed by atoms with van der Waals surface area (Å²) in [5.74, 6) is 0.00228. The lowest BCUT2D eigenvalue weighted by Gasteiger charge is -2.44. The summed E-state index contributed by atoms with van der Waals surface area (Å²) < 4.78 is 5.75. The highest BCUT2D eigenvalue weighted by Gasteiger charge is 2.46. The second kappa shape index (κ2) is 7.85. The molecule has 0 spiro atoms. The zero-order valence-corrected chi connectivity index (χ0v) is 16.0. The molecule has 0 aliphatic carbocycles. The van der Waals surface area contributed by atoms with Gasteiger partial charge in [0, 0.05) is 5.69 Å². The minimum Gasteiger partial charge on any atom is -0.394 e. The van der Waals surface area contributed by atoms with Crippen LogP contribution in [0, 0.1) is 6.92 Å². The van der Waals surface area contributed by atoms with Crippen LogP contribution in [0.15, 0.2) is 48.5 Å². The lowest BCUT2D eigenvalue weighted by atomic mass is 9.84. The van der Waals surface area contributed by atoms with E-state index in [1.165, 1.54) is 0 Å². The number of rotatable bonds is 4. The first kappa shape index (κ1) is 20.0. The van der Waals surface area contributed by atoms with Crippen LogP contribution in [0.2, 0.25) is 0 Å². The Labute approximate surface area is 168 Å². The molecule has 0 bridgehead atoms. The number of aliphatic hydroxyl groups excluding tert-OH is 4. The first-order valence-electron chi connectivity index (χ1n) is 9.70. The van der Waals surface area contributed by atoms with E-state index in [4.69, 9.17) is 4.74 Å². The van der Waals surface area contributed by atoms with Gasteiger partial charge in [0.15, 0.2) is 0 Å². The molecule has 0 saturated carbocycles. The van der Waals surface area contributed by atoms with Gasteiger partial charge in [-0.2, -0.15) is 0 Å². The van der Waals surface area contributed by atoms with Crippen molar-refractivity contribution in [2.24, 2.45) is 0 Å². The number of carbonyl (C=O) groups is 1. The molecule has 2 aromatic carbocycles. The van der Waals surface area contributed by atoms with Crippen LogP contribution >= 0.6 is 0 Å². The Balaban J connectivity index is 1.68. The number of aliphatic hydroxyl groups is 4. The van der Waals surface area contributed by atoms with Crippen molar-refractivity contribution in [2.75, 3.05) is 11.5 Å². The van der Waals surface area contributed by atoms with E-state index in [-0.39, 0.29) is 11.9 Å². The number of nitrogens with zero attached hydrogens (tertiary/aromatic N) is 1. The smallest absolute Gasteiger partial charge is 0.230 e. The van der Waals surface area contributed by atoms with Gasteiger partial charge >= 0.3 is 0 Å². The number of benzene rings is 2. The topological polar surface area (TPSA) is 110 Å². The van der Waals surface area contributed by atoms with Crippen molar-refractivity contribution in [3.8, 4) is 0 Å². The van der Waals surface area contributed by atoms with Crippen LogP contribution in [0.3, 0.4) is 0 Å². The van der Waals surface area contributed by atoms with Crippen molar-refractivity contribution in [3.05, 3.63) is 65.2 Å². The number of carbonyl (C=O) groups excluding carboxylic acids is 1. The average Bonchev–Trinajstić information content (AvgIpc) is 2.72. The van der Waals surface area contributed by atoms with Gasteiger partial charge < -0.3 is 30.1 Å². The second-order valence-corrected chi connectivity index (χ2v) is 7.70. The minimum atomic E-state index is -1.45. The van der Waals surface area contributed by atoms with Crippen molar-refractivity contribution in [2.45, 2.75) is 49.9 Å². The van der Waals surface area contributed by atoms with E-state index in [9.17, 15) is 25.2 Å². The average molecular weight is 399 g/mol. The number of ether oxygens (including phenoxy) is 1. The third-order valence-electron chi connectivity index (χ3n) is 5.81. The first-order chi connectivity index (χ1) is 13.9. The lowest BCUT2D eigenvalue weighted by Crippen LogP contribution is -2.55. The fourth-order valence-electron chi connectivity index (χ4n) is 4.13. The molecule has 154 valence electrons. The van der Waals surface area contributed by atoms with Crippen molar-refractivity contribution in [1.82, 2.24) is 0 Å². The zero-order valence-electron chi connectivity index (χ0n) is 16.0. The van der Waals surface area contributed by atoms with Gasteiger partial charge in [-0.1, -0.05) is 42.0 Å². The molecule has 1 unspecified atom stereocenters. The van der Waals surface area contributed by atoms with E-state index >= 15 is 0 Å². The normalized spacial score (nSPS) is 32.2. The third kappa shape index (κ3) is 3.45. The molecule has 6 atom stereocenters. The maximum absolute atomic E-state index is 12.4. The van der Waals surface area contributed by atoms with E-state index < -0.39 is 37.1 Å². The molecule has 0 aromatic heterocycles. The Morgan fingerprint density at radius 1 is 0.966 bits per heavy atom. The molecule has 7 heteroatoms. The molecule has 2 aliphatic heterocycles. The summed E-state index contributed by atoms with van der Waals surface area (Å²) in [6, 6.07) is 14.7. The molecule has 4 rings (SSSR count). The van der Waals surface area contributed by atoms with E-state index in [1.54, 1.807) is 17.0 Å². The molecule has 7 nitrogen and oxygen atoms in total. The van der Waals surface area contributed by atoms with Crippen LogP contribution in [0.4, 0.5) is 5.69 Å². The molecule has 2 aliphatic rings. The summed E-state index contributed by atoms with van der Waals surface area (Å²) >= 11 is 0. The van der Waals surface area contributed by atoms with Crippen molar-refractivity contribution >= 4 is 11.6 Å². The van der Waals surface area contributed by atoms with Gasteiger partial charge in [-0.3, -0.25) is 4.79 Å². The summed E-state index contributed by atoms with van der Waals surface area (Å²) in [6.45, 7) is 1.49. The molecular formula is C22H25NO6. The fourth-order valence-corrected chi connectivity index (χ4v) is 4.13. The molecule has 29 heavy (non-hydrogen) atoms. The fraction of sp³-hybridized carbons (Fsp3) is 0.409. The first-order valence-corrected chi connectivity index (χ1v) is 9.70. The SMILES string of the molecule is Cc1ccc(N2C(=O)CC2c2ccccc2[C@@H]2O[C@H](CO)[C@@H](O)[C@H](O)[C@H]2O)cc1. The van der Waals surface area contributed by atoms with Gasteiger partial charge in [-0.05, 0) is 30.2 Å². The van der Waals surface area contributed by atoms with E-state index in [2.05, 4.69) is 0 Å². The van der Waals surface area contributed by atoms with Gasteiger partial charge in [0.1, 0.15) is 30.5 Å². The number of amides is 1. The summed E-state index contributed by atoms with van der Waals surface area (Å²) in [4.78, 5) is 14.1. The molecule has 4 N–H and O–H groups in total. The number of anilines is 1. The number of aryl methyl sites for hydroxylation is 1. The Morgan fingerprint density at radius 2 is 1.62 bits per heavy atom. The largest absolute Gasteiger partial charge is 0.394 e. The molecular weight excluding hydrogens is 374 g/mol. The highest BCUT2D eigenvalue weighted by atomic mass is 16.5. The molecule has 2 saturated heterocycles.